The molecule has 5 nitrogen and oxygen atoms in total. The molecule has 0 fully saturated rings. The van der Waals surface area contributed by atoms with Gasteiger partial charge in [-0.3, -0.25) is 10.1 Å². The number of nitrogens with one attached hydrogen (secondary N) is 1. The fourth-order valence-electron chi connectivity index (χ4n) is 2.75. The summed E-state index contributed by atoms with van der Waals surface area (Å²) in [4.78, 5) is 10.6. The van der Waals surface area contributed by atoms with E-state index in [4.69, 9.17) is 5.11 Å². The Labute approximate surface area is 118 Å². The van der Waals surface area contributed by atoms with Crippen molar-refractivity contribution >= 4 is 5.69 Å². The molecule has 0 aromatic heterocycles. The van der Waals surface area contributed by atoms with E-state index in [2.05, 4.69) is 11.4 Å². The van der Waals surface area contributed by atoms with Crippen LogP contribution in [-0.4, -0.2) is 22.7 Å². The summed E-state index contributed by atoms with van der Waals surface area (Å²) in [5.74, 6) is 0.214. The van der Waals surface area contributed by atoms with E-state index in [0.29, 0.717) is 5.56 Å². The van der Waals surface area contributed by atoms with Gasteiger partial charge in [0.25, 0.3) is 5.69 Å². The maximum atomic E-state index is 11.0. The van der Waals surface area contributed by atoms with Crippen LogP contribution in [0.3, 0.4) is 0 Å². The summed E-state index contributed by atoms with van der Waals surface area (Å²) in [6.07, 6.45) is 4.95. The number of hydrogen-bond donors (Lipinski definition) is 2. The average Bonchev–Trinajstić information content (AvgIpc) is 2.86. The van der Waals surface area contributed by atoms with Crippen LogP contribution in [0.1, 0.15) is 30.5 Å². The number of nitro benzene ring substituents is 1. The summed E-state index contributed by atoms with van der Waals surface area (Å²) in [5.41, 5.74) is 1.81. The van der Waals surface area contributed by atoms with E-state index in [9.17, 15) is 10.1 Å². The molecule has 0 aliphatic heterocycles. The molecular weight excluding hydrogens is 256 g/mol. The van der Waals surface area contributed by atoms with Crippen LogP contribution >= 0.6 is 0 Å². The van der Waals surface area contributed by atoms with Gasteiger partial charge >= 0.3 is 0 Å². The Morgan fingerprint density at radius 2 is 2.25 bits per heavy atom. The van der Waals surface area contributed by atoms with Crippen LogP contribution < -0.4 is 5.32 Å². The van der Waals surface area contributed by atoms with E-state index in [1.807, 2.05) is 19.1 Å². The smallest absolute Gasteiger partial charge is 0.272 e. The van der Waals surface area contributed by atoms with Crippen LogP contribution in [0.5, 0.6) is 0 Å². The van der Waals surface area contributed by atoms with Crippen LogP contribution in [0.4, 0.5) is 5.69 Å². The molecule has 20 heavy (non-hydrogen) atoms. The maximum Gasteiger partial charge on any atom is 0.272 e. The number of hydrogen-bond acceptors (Lipinski definition) is 4. The van der Waals surface area contributed by atoms with Crippen molar-refractivity contribution in [2.24, 2.45) is 5.92 Å². The molecule has 5 heteroatoms. The first-order valence-corrected chi connectivity index (χ1v) is 6.82. The lowest BCUT2D eigenvalue weighted by Crippen LogP contribution is -2.29. The van der Waals surface area contributed by atoms with Crippen molar-refractivity contribution in [2.45, 2.75) is 32.4 Å². The molecule has 3 atom stereocenters. The molecule has 0 radical (unpaired) electrons. The Balaban J connectivity index is 2.10. The van der Waals surface area contributed by atoms with E-state index in [1.54, 1.807) is 13.0 Å². The Morgan fingerprint density at radius 3 is 2.85 bits per heavy atom. The Hall–Kier alpha value is -1.72. The van der Waals surface area contributed by atoms with Crippen LogP contribution in [-0.2, 0) is 0 Å². The number of rotatable bonds is 5. The van der Waals surface area contributed by atoms with Crippen molar-refractivity contribution in [3.05, 3.63) is 51.6 Å². The summed E-state index contributed by atoms with van der Waals surface area (Å²) in [5, 5.41) is 23.5. The standard InChI is InChI=1S/C15H20N2O3/c1-10-14(4-3-5-15(10)17(19)20)11(2)16-13-7-6-12(8-13)9-18/h3-7,11-13,16,18H,8-9H2,1-2H3/t11?,12-,13+/m0/s1. The highest BCUT2D eigenvalue weighted by atomic mass is 16.6. The van der Waals surface area contributed by atoms with Crippen LogP contribution in [0.2, 0.25) is 0 Å². The van der Waals surface area contributed by atoms with E-state index in [-0.39, 0.29) is 35.2 Å². The van der Waals surface area contributed by atoms with Gasteiger partial charge in [-0.2, -0.15) is 0 Å². The zero-order valence-electron chi connectivity index (χ0n) is 11.7. The first-order valence-electron chi connectivity index (χ1n) is 6.82. The van der Waals surface area contributed by atoms with E-state index in [1.165, 1.54) is 6.07 Å². The minimum Gasteiger partial charge on any atom is -0.396 e. The molecule has 1 aliphatic carbocycles. The van der Waals surface area contributed by atoms with E-state index in [0.717, 1.165) is 12.0 Å². The van der Waals surface area contributed by atoms with Crippen LogP contribution in [0.15, 0.2) is 30.4 Å². The summed E-state index contributed by atoms with van der Waals surface area (Å²) >= 11 is 0. The van der Waals surface area contributed by atoms with Crippen molar-refractivity contribution in [2.75, 3.05) is 6.61 Å². The third-order valence-electron chi connectivity index (χ3n) is 3.88. The summed E-state index contributed by atoms with van der Waals surface area (Å²) in [7, 11) is 0. The highest BCUT2D eigenvalue weighted by Crippen LogP contribution is 2.27. The number of aliphatic hydroxyl groups excluding tert-OH is 1. The third kappa shape index (κ3) is 3.05. The molecule has 0 heterocycles. The van der Waals surface area contributed by atoms with Gasteiger partial charge < -0.3 is 10.4 Å². The summed E-state index contributed by atoms with van der Waals surface area (Å²) < 4.78 is 0. The van der Waals surface area contributed by atoms with Crippen molar-refractivity contribution in [1.82, 2.24) is 5.32 Å². The van der Waals surface area contributed by atoms with Gasteiger partial charge in [-0.1, -0.05) is 24.3 Å². The second-order valence-electron chi connectivity index (χ2n) is 5.31. The SMILES string of the molecule is Cc1c(C(C)N[C@@H]2C=C[C@H](CO)C2)cccc1[N+](=O)[O-]. The van der Waals surface area contributed by atoms with Gasteiger partial charge in [0, 0.05) is 36.2 Å². The first-order chi connectivity index (χ1) is 9.52. The van der Waals surface area contributed by atoms with Crippen LogP contribution in [0, 0.1) is 23.0 Å². The Bertz CT molecular complexity index is 528. The number of nitro groups is 1. The van der Waals surface area contributed by atoms with Gasteiger partial charge in [0.05, 0.1) is 4.92 Å². The van der Waals surface area contributed by atoms with Crippen molar-refractivity contribution in [1.29, 1.82) is 0 Å². The largest absolute Gasteiger partial charge is 0.396 e. The summed E-state index contributed by atoms with van der Waals surface area (Å²) in [6, 6.07) is 5.41. The fraction of sp³-hybridized carbons (Fsp3) is 0.467. The van der Waals surface area contributed by atoms with Crippen molar-refractivity contribution in [3.63, 3.8) is 0 Å². The lowest BCUT2D eigenvalue weighted by molar-refractivity contribution is -0.385. The minimum absolute atomic E-state index is 0.0296. The molecule has 0 saturated carbocycles. The Kier molecular flexibility index (Phi) is 4.52. The molecule has 0 saturated heterocycles. The summed E-state index contributed by atoms with van der Waals surface area (Å²) in [6.45, 7) is 3.96. The van der Waals surface area contributed by atoms with Gasteiger partial charge in [0.1, 0.15) is 0 Å². The molecule has 108 valence electrons. The zero-order chi connectivity index (χ0) is 14.7. The quantitative estimate of drug-likeness (QED) is 0.492. The highest BCUT2D eigenvalue weighted by molar-refractivity contribution is 5.45. The molecule has 2 N–H and O–H groups in total. The number of aliphatic hydroxyl groups is 1. The van der Waals surface area contributed by atoms with Crippen LogP contribution in [0.25, 0.3) is 0 Å². The molecular formula is C15H20N2O3. The predicted octanol–water partition coefficient (Wildman–Crippen LogP) is 2.49. The average molecular weight is 276 g/mol. The molecule has 2 rings (SSSR count). The van der Waals surface area contributed by atoms with Gasteiger partial charge in [0.2, 0.25) is 0 Å². The number of benzene rings is 1. The van der Waals surface area contributed by atoms with E-state index >= 15 is 0 Å². The van der Waals surface area contributed by atoms with Crippen molar-refractivity contribution < 1.29 is 10.0 Å². The van der Waals surface area contributed by atoms with Gasteiger partial charge in [0.15, 0.2) is 0 Å². The zero-order valence-corrected chi connectivity index (χ0v) is 11.7. The first kappa shape index (κ1) is 14.7. The second kappa shape index (κ2) is 6.15. The van der Waals surface area contributed by atoms with Gasteiger partial charge in [-0.05, 0) is 25.8 Å². The van der Waals surface area contributed by atoms with E-state index < -0.39 is 0 Å². The van der Waals surface area contributed by atoms with Gasteiger partial charge in [-0.15, -0.1) is 0 Å². The molecule has 0 spiro atoms. The highest BCUT2D eigenvalue weighted by Gasteiger charge is 2.22. The van der Waals surface area contributed by atoms with Crippen molar-refractivity contribution in [3.8, 4) is 0 Å². The second-order valence-corrected chi connectivity index (χ2v) is 5.31. The van der Waals surface area contributed by atoms with Gasteiger partial charge in [-0.25, -0.2) is 0 Å². The number of nitrogens with zero attached hydrogens (tertiary/aromatic N) is 1. The molecule has 1 aromatic rings. The molecule has 1 unspecified atom stereocenters. The molecule has 0 amide bonds. The normalized spacial score (nSPS) is 22.9. The lowest BCUT2D eigenvalue weighted by atomic mass is 9.99. The monoisotopic (exact) mass is 276 g/mol. The predicted molar refractivity (Wildman–Crippen MR) is 77.5 cm³/mol. The fourth-order valence-corrected chi connectivity index (χ4v) is 2.75. The third-order valence-corrected chi connectivity index (χ3v) is 3.88. The minimum atomic E-state index is -0.344. The molecule has 1 aromatic carbocycles. The Morgan fingerprint density at radius 1 is 1.50 bits per heavy atom. The topological polar surface area (TPSA) is 75.4 Å². The maximum absolute atomic E-state index is 11.0. The molecule has 0 bridgehead atoms. The molecule has 1 aliphatic rings. The lowest BCUT2D eigenvalue weighted by Gasteiger charge is -2.21.